The molecule has 0 bridgehead atoms. The van der Waals surface area contributed by atoms with Gasteiger partial charge in [0.2, 0.25) is 0 Å². The topological polar surface area (TPSA) is 88.3 Å². The van der Waals surface area contributed by atoms with Gasteiger partial charge in [0.1, 0.15) is 0 Å². The number of aliphatic imine (C=N–C) groups is 1. The van der Waals surface area contributed by atoms with Gasteiger partial charge in [-0.15, -0.1) is 0 Å². The van der Waals surface area contributed by atoms with Crippen LogP contribution in [0.2, 0.25) is 0 Å². The maximum atomic E-state index is 12.0. The maximum Gasteiger partial charge on any atom is 0.329 e. The van der Waals surface area contributed by atoms with Gasteiger partial charge in [-0.3, -0.25) is 19.3 Å². The van der Waals surface area contributed by atoms with Gasteiger partial charge in [0.15, 0.2) is 11.2 Å². The highest BCUT2D eigenvalue weighted by Gasteiger charge is 2.12. The van der Waals surface area contributed by atoms with Gasteiger partial charge < -0.3 is 9.47 Å². The summed E-state index contributed by atoms with van der Waals surface area (Å²) in [6, 6.07) is 0. The largest absolute Gasteiger partial charge is 0.363 e. The minimum Gasteiger partial charge on any atom is -0.363 e. The van der Waals surface area contributed by atoms with E-state index < -0.39 is 5.69 Å². The number of rotatable bonds is 4. The first-order valence-corrected chi connectivity index (χ1v) is 8.46. The fourth-order valence-corrected chi connectivity index (χ4v) is 3.13. The number of nitrogens with one attached hydrogen (secondary N) is 1. The van der Waals surface area contributed by atoms with E-state index in [0.717, 1.165) is 25.9 Å². The van der Waals surface area contributed by atoms with Gasteiger partial charge in [-0.1, -0.05) is 6.42 Å². The lowest BCUT2D eigenvalue weighted by Gasteiger charge is -2.18. The van der Waals surface area contributed by atoms with Crippen molar-refractivity contribution in [2.75, 3.05) is 20.1 Å². The first-order valence-electron chi connectivity index (χ1n) is 8.46. The van der Waals surface area contributed by atoms with Crippen molar-refractivity contribution in [3.8, 4) is 0 Å². The molecule has 1 N–H and O–H groups in total. The van der Waals surface area contributed by atoms with Crippen LogP contribution in [0.5, 0.6) is 0 Å². The zero-order valence-corrected chi connectivity index (χ0v) is 14.3. The molecule has 8 nitrogen and oxygen atoms in total. The Bertz CT molecular complexity index is 860. The number of hydrogen-bond donors (Lipinski definition) is 1. The van der Waals surface area contributed by atoms with Crippen molar-refractivity contribution < 1.29 is 0 Å². The minimum atomic E-state index is -0.444. The van der Waals surface area contributed by atoms with E-state index in [1.165, 1.54) is 29.7 Å². The molecule has 0 atom stereocenters. The smallest absolute Gasteiger partial charge is 0.329 e. The third kappa shape index (κ3) is 3.27. The molecule has 2 aromatic heterocycles. The Morgan fingerprint density at radius 3 is 2.92 bits per heavy atom. The van der Waals surface area contributed by atoms with Crippen LogP contribution in [0, 0.1) is 0 Å². The average Bonchev–Trinajstić information content (AvgIpc) is 2.88. The molecule has 0 aromatic carbocycles. The molecule has 1 saturated heterocycles. The fourth-order valence-electron chi connectivity index (χ4n) is 3.13. The lowest BCUT2D eigenvalue weighted by Crippen LogP contribution is -2.29. The molecule has 130 valence electrons. The second kappa shape index (κ2) is 7.02. The van der Waals surface area contributed by atoms with Gasteiger partial charge in [-0.25, -0.2) is 9.78 Å². The molecule has 8 heteroatoms. The zero-order chi connectivity index (χ0) is 17.1. The SMILES string of the molecule is CN1CCCCCC1=NCCCn1cnc2c1c(=O)[nH]c(=O)n2C. The Kier molecular flexibility index (Phi) is 4.82. The van der Waals surface area contributed by atoms with Gasteiger partial charge >= 0.3 is 5.69 Å². The van der Waals surface area contributed by atoms with Crippen molar-refractivity contribution >= 4 is 17.0 Å². The second-order valence-corrected chi connectivity index (χ2v) is 6.31. The second-order valence-electron chi connectivity index (χ2n) is 6.31. The van der Waals surface area contributed by atoms with E-state index in [4.69, 9.17) is 4.99 Å². The van der Waals surface area contributed by atoms with Crippen LogP contribution in [-0.2, 0) is 13.6 Å². The lowest BCUT2D eigenvalue weighted by molar-refractivity contribution is 0.491. The monoisotopic (exact) mass is 332 g/mol. The van der Waals surface area contributed by atoms with Crippen LogP contribution in [0.1, 0.15) is 32.1 Å². The lowest BCUT2D eigenvalue weighted by atomic mass is 10.2. The van der Waals surface area contributed by atoms with Gasteiger partial charge in [0, 0.05) is 40.2 Å². The molecule has 3 rings (SSSR count). The molecule has 1 aliphatic rings. The van der Waals surface area contributed by atoms with E-state index in [9.17, 15) is 9.59 Å². The van der Waals surface area contributed by atoms with E-state index >= 15 is 0 Å². The van der Waals surface area contributed by atoms with Gasteiger partial charge in [0.05, 0.1) is 12.2 Å². The highest BCUT2D eigenvalue weighted by molar-refractivity contribution is 5.82. The van der Waals surface area contributed by atoms with Crippen LogP contribution >= 0.6 is 0 Å². The van der Waals surface area contributed by atoms with Crippen molar-refractivity contribution in [1.29, 1.82) is 0 Å². The molecule has 24 heavy (non-hydrogen) atoms. The molecule has 0 saturated carbocycles. The van der Waals surface area contributed by atoms with E-state index in [0.29, 0.717) is 17.7 Å². The van der Waals surface area contributed by atoms with E-state index in [2.05, 4.69) is 21.9 Å². The number of amidine groups is 1. The molecular weight excluding hydrogens is 308 g/mol. The van der Waals surface area contributed by atoms with Crippen LogP contribution in [0.15, 0.2) is 20.9 Å². The van der Waals surface area contributed by atoms with Crippen molar-refractivity contribution in [3.05, 3.63) is 27.2 Å². The number of aromatic nitrogens is 4. The van der Waals surface area contributed by atoms with E-state index in [1.807, 2.05) is 0 Å². The number of hydrogen-bond acceptors (Lipinski definition) is 4. The number of aromatic amines is 1. The summed E-state index contributed by atoms with van der Waals surface area (Å²) in [5, 5.41) is 0. The van der Waals surface area contributed by atoms with E-state index in [1.54, 1.807) is 17.9 Å². The Morgan fingerprint density at radius 2 is 2.08 bits per heavy atom. The maximum absolute atomic E-state index is 12.0. The first kappa shape index (κ1) is 16.5. The van der Waals surface area contributed by atoms with Crippen molar-refractivity contribution in [2.24, 2.45) is 12.0 Å². The van der Waals surface area contributed by atoms with Crippen molar-refractivity contribution in [3.63, 3.8) is 0 Å². The Balaban J connectivity index is 1.69. The van der Waals surface area contributed by atoms with Crippen LogP contribution in [0.4, 0.5) is 0 Å². The Morgan fingerprint density at radius 1 is 1.25 bits per heavy atom. The highest BCUT2D eigenvalue weighted by Crippen LogP contribution is 2.11. The molecule has 0 amide bonds. The van der Waals surface area contributed by atoms with Crippen molar-refractivity contribution in [1.82, 2.24) is 24.0 Å². The third-order valence-electron chi connectivity index (χ3n) is 4.56. The van der Waals surface area contributed by atoms with Crippen LogP contribution < -0.4 is 11.2 Å². The normalized spacial score (nSPS) is 17.6. The molecule has 2 aromatic rings. The van der Waals surface area contributed by atoms with Crippen LogP contribution in [-0.4, -0.2) is 50.0 Å². The number of aryl methyl sites for hydroxylation is 2. The minimum absolute atomic E-state index is 0.389. The number of likely N-dealkylation sites (tertiary alicyclic amines) is 1. The predicted molar refractivity (Wildman–Crippen MR) is 93.6 cm³/mol. The summed E-state index contributed by atoms with van der Waals surface area (Å²) in [6.07, 6.45) is 7.20. The Hall–Kier alpha value is -2.38. The molecule has 0 radical (unpaired) electrons. The summed E-state index contributed by atoms with van der Waals surface area (Å²) in [6.45, 7) is 2.45. The number of H-pyrrole nitrogens is 1. The molecule has 1 fully saturated rings. The molecule has 3 heterocycles. The molecule has 0 unspecified atom stereocenters. The molecule has 0 aliphatic carbocycles. The summed E-state index contributed by atoms with van der Waals surface area (Å²) in [5.41, 5.74) is 0.0240. The molecular formula is C16H24N6O2. The van der Waals surface area contributed by atoms with E-state index in [-0.39, 0.29) is 5.56 Å². The van der Waals surface area contributed by atoms with Crippen LogP contribution in [0.3, 0.4) is 0 Å². The van der Waals surface area contributed by atoms with Gasteiger partial charge in [0.25, 0.3) is 5.56 Å². The zero-order valence-electron chi connectivity index (χ0n) is 14.3. The fraction of sp³-hybridized carbons (Fsp3) is 0.625. The summed E-state index contributed by atoms with van der Waals surface area (Å²) < 4.78 is 3.15. The predicted octanol–water partition coefficient (Wildman–Crippen LogP) is 0.718. The third-order valence-corrected chi connectivity index (χ3v) is 4.56. The summed E-state index contributed by atoms with van der Waals surface area (Å²) in [5.74, 6) is 1.18. The van der Waals surface area contributed by atoms with Gasteiger partial charge in [-0.05, 0) is 19.3 Å². The first-order chi connectivity index (χ1) is 11.6. The number of fused-ring (bicyclic) bond motifs is 1. The van der Waals surface area contributed by atoms with Crippen LogP contribution in [0.25, 0.3) is 11.2 Å². The quantitative estimate of drug-likeness (QED) is 0.836. The summed E-state index contributed by atoms with van der Waals surface area (Å²) >= 11 is 0. The molecule has 1 aliphatic heterocycles. The number of imidazole rings is 1. The highest BCUT2D eigenvalue weighted by atomic mass is 16.2. The standard InChI is InChI=1S/C16H24N6O2/c1-20-9-5-3-4-7-12(20)17-8-6-10-22-11-18-14-13(22)15(23)19-16(24)21(14)2/h11H,3-10H2,1-2H3,(H,19,23,24). The average molecular weight is 332 g/mol. The summed E-state index contributed by atoms with van der Waals surface area (Å²) in [4.78, 5) is 37.1. The molecule has 0 spiro atoms. The van der Waals surface area contributed by atoms with Gasteiger partial charge in [-0.2, -0.15) is 0 Å². The van der Waals surface area contributed by atoms with Crippen molar-refractivity contribution in [2.45, 2.75) is 38.6 Å². The number of nitrogens with zero attached hydrogens (tertiary/aromatic N) is 5. The summed E-state index contributed by atoms with van der Waals surface area (Å²) in [7, 11) is 3.71. The Labute approximate surface area is 139 Å².